The van der Waals surface area contributed by atoms with Gasteiger partial charge in [-0.2, -0.15) is 13.2 Å². The maximum Gasteiger partial charge on any atom is 0.490 e. The Bertz CT molecular complexity index is 1080. The van der Waals surface area contributed by atoms with E-state index in [0.29, 0.717) is 18.0 Å². The van der Waals surface area contributed by atoms with E-state index in [4.69, 9.17) is 14.6 Å². The number of carboxylic acids is 1. The molecule has 3 N–H and O–H groups in total. The molecule has 0 aliphatic heterocycles. The van der Waals surface area contributed by atoms with Crippen LogP contribution in [0.15, 0.2) is 53.4 Å². The predicted molar refractivity (Wildman–Crippen MR) is 114 cm³/mol. The summed E-state index contributed by atoms with van der Waals surface area (Å²) in [5, 5.41) is 9.82. The Hall–Kier alpha value is -3.28. The van der Waals surface area contributed by atoms with Crippen LogP contribution < -0.4 is 14.8 Å². The first-order valence-electron chi connectivity index (χ1n) is 9.74. The molecule has 2 aromatic rings. The van der Waals surface area contributed by atoms with Gasteiger partial charge in [0, 0.05) is 12.7 Å². The van der Waals surface area contributed by atoms with Crippen LogP contribution in [0.4, 0.5) is 18.9 Å². The predicted octanol–water partition coefficient (Wildman–Crippen LogP) is 3.30. The van der Waals surface area contributed by atoms with Crippen molar-refractivity contribution < 1.29 is 41.0 Å². The lowest BCUT2D eigenvalue weighted by Gasteiger charge is -2.15. The number of amides is 1. The zero-order valence-corrected chi connectivity index (χ0v) is 18.6. The molecular formula is C21H23F3N2O6S. The van der Waals surface area contributed by atoms with Gasteiger partial charge in [0.25, 0.3) is 10.0 Å². The van der Waals surface area contributed by atoms with Gasteiger partial charge in [-0.05, 0) is 61.7 Å². The van der Waals surface area contributed by atoms with Gasteiger partial charge in [0.2, 0.25) is 5.91 Å². The molecule has 8 nitrogen and oxygen atoms in total. The highest BCUT2D eigenvalue weighted by Crippen LogP contribution is 2.48. The monoisotopic (exact) mass is 488 g/mol. The van der Waals surface area contributed by atoms with Crippen molar-refractivity contribution in [2.24, 2.45) is 0 Å². The molecule has 12 heteroatoms. The van der Waals surface area contributed by atoms with Gasteiger partial charge in [-0.25, -0.2) is 13.2 Å². The van der Waals surface area contributed by atoms with Crippen LogP contribution in [-0.4, -0.2) is 45.2 Å². The van der Waals surface area contributed by atoms with Gasteiger partial charge in [0.15, 0.2) is 0 Å². The summed E-state index contributed by atoms with van der Waals surface area (Å²) in [4.78, 5) is 21.1. The van der Waals surface area contributed by atoms with Gasteiger partial charge >= 0.3 is 12.1 Å². The van der Waals surface area contributed by atoms with Gasteiger partial charge < -0.3 is 15.2 Å². The van der Waals surface area contributed by atoms with E-state index in [-0.39, 0.29) is 10.8 Å². The van der Waals surface area contributed by atoms with Crippen LogP contribution in [0.3, 0.4) is 0 Å². The summed E-state index contributed by atoms with van der Waals surface area (Å²) >= 11 is 0. The van der Waals surface area contributed by atoms with Gasteiger partial charge in [-0.3, -0.25) is 9.52 Å². The first-order valence-corrected chi connectivity index (χ1v) is 11.2. The quantitative estimate of drug-likeness (QED) is 0.550. The van der Waals surface area contributed by atoms with Crippen molar-refractivity contribution in [3.8, 4) is 5.75 Å². The van der Waals surface area contributed by atoms with Crippen LogP contribution in [-0.2, 0) is 25.0 Å². The van der Waals surface area contributed by atoms with Crippen LogP contribution in [0.2, 0.25) is 0 Å². The number of sulfonamides is 1. The molecule has 0 heterocycles. The van der Waals surface area contributed by atoms with Crippen LogP contribution in [0.25, 0.3) is 0 Å². The summed E-state index contributed by atoms with van der Waals surface area (Å²) in [7, 11) is -2.06. The van der Waals surface area contributed by atoms with E-state index >= 15 is 0 Å². The molecule has 0 bridgehead atoms. The fourth-order valence-electron chi connectivity index (χ4n) is 2.96. The number of rotatable bonds is 7. The second-order valence-electron chi connectivity index (χ2n) is 7.05. The molecule has 1 aliphatic rings. The van der Waals surface area contributed by atoms with Crippen LogP contribution in [0.5, 0.6) is 5.75 Å². The smallest absolute Gasteiger partial charge is 0.490 e. The maximum absolute atomic E-state index is 12.5. The molecule has 0 radical (unpaired) electrons. The molecule has 1 aliphatic carbocycles. The summed E-state index contributed by atoms with van der Waals surface area (Å²) in [6, 6.07) is 13.2. The summed E-state index contributed by atoms with van der Waals surface area (Å²) in [5.41, 5.74) is 0.901. The van der Waals surface area contributed by atoms with E-state index in [2.05, 4.69) is 10.0 Å². The van der Waals surface area contributed by atoms with E-state index in [1.807, 2.05) is 6.92 Å². The molecular weight excluding hydrogens is 465 g/mol. The number of ether oxygens (including phenoxy) is 1. The number of halogens is 3. The number of benzene rings is 2. The number of hydrogen-bond acceptors (Lipinski definition) is 5. The van der Waals surface area contributed by atoms with E-state index < -0.39 is 27.6 Å². The SMILES string of the molecule is CCOc1ccc(S(=O)(=O)Nc2ccc(C3(C(=O)NC)CC3)cc2)cc1.O=C(O)C(F)(F)F. The van der Waals surface area contributed by atoms with Crippen LogP contribution in [0, 0.1) is 0 Å². The van der Waals surface area contributed by atoms with Crippen molar-refractivity contribution in [1.82, 2.24) is 5.32 Å². The van der Waals surface area contributed by atoms with E-state index in [1.165, 1.54) is 12.1 Å². The minimum absolute atomic E-state index is 0.000202. The van der Waals surface area contributed by atoms with Crippen molar-refractivity contribution in [3.63, 3.8) is 0 Å². The highest BCUT2D eigenvalue weighted by Gasteiger charge is 2.50. The van der Waals surface area contributed by atoms with Crippen LogP contribution in [0.1, 0.15) is 25.3 Å². The topological polar surface area (TPSA) is 122 Å². The molecule has 0 spiro atoms. The standard InChI is InChI=1S/C19H22N2O4S.C2HF3O2/c1-3-25-16-8-10-17(11-9-16)26(23,24)21-15-6-4-14(5-7-15)19(12-13-19)18(22)20-2;3-2(4,5)1(6)7/h4-11,21H,3,12-13H2,1-2H3,(H,20,22);(H,6,7). The zero-order chi connectivity index (χ0) is 24.9. The number of nitrogens with one attached hydrogen (secondary N) is 2. The lowest BCUT2D eigenvalue weighted by molar-refractivity contribution is -0.192. The first-order chi connectivity index (χ1) is 15.4. The number of carbonyl (C=O) groups is 2. The Kier molecular flexibility index (Phi) is 7.96. The molecule has 0 saturated heterocycles. The first kappa shape index (κ1) is 26.0. The van der Waals surface area contributed by atoms with E-state index in [9.17, 15) is 26.4 Å². The van der Waals surface area contributed by atoms with Crippen molar-refractivity contribution in [2.75, 3.05) is 18.4 Å². The lowest BCUT2D eigenvalue weighted by Crippen LogP contribution is -2.31. The number of hydrogen-bond donors (Lipinski definition) is 3. The highest BCUT2D eigenvalue weighted by atomic mass is 32.2. The number of carboxylic acid groups (broad SMARTS) is 1. The van der Waals surface area contributed by atoms with Gasteiger partial charge in [-0.15, -0.1) is 0 Å². The van der Waals surface area contributed by atoms with Gasteiger partial charge in [0.05, 0.1) is 16.9 Å². The normalized spacial score (nSPS) is 14.3. The second kappa shape index (κ2) is 10.1. The molecule has 0 atom stereocenters. The maximum atomic E-state index is 12.5. The third-order valence-electron chi connectivity index (χ3n) is 4.79. The summed E-state index contributed by atoms with van der Waals surface area (Å²) in [5.74, 6) is -2.13. The molecule has 1 fully saturated rings. The van der Waals surface area contributed by atoms with Crippen molar-refractivity contribution >= 4 is 27.6 Å². The largest absolute Gasteiger partial charge is 0.494 e. The number of anilines is 1. The fourth-order valence-corrected chi connectivity index (χ4v) is 4.02. The summed E-state index contributed by atoms with van der Waals surface area (Å²) in [6.07, 6.45) is -3.46. The highest BCUT2D eigenvalue weighted by molar-refractivity contribution is 7.92. The molecule has 1 amide bonds. The molecule has 33 heavy (non-hydrogen) atoms. The molecule has 0 unspecified atom stereocenters. The third kappa shape index (κ3) is 6.60. The van der Waals surface area contributed by atoms with E-state index in [1.54, 1.807) is 43.4 Å². The third-order valence-corrected chi connectivity index (χ3v) is 6.19. The molecule has 0 aromatic heterocycles. The number of likely N-dealkylation sites (N-methyl/N-ethyl adjacent to an activating group) is 1. The number of aliphatic carboxylic acids is 1. The average molecular weight is 488 g/mol. The zero-order valence-electron chi connectivity index (χ0n) is 17.8. The average Bonchev–Trinajstić information content (AvgIpc) is 3.56. The fraction of sp³-hybridized carbons (Fsp3) is 0.333. The Morgan fingerprint density at radius 3 is 1.97 bits per heavy atom. The molecule has 180 valence electrons. The van der Waals surface area contributed by atoms with Crippen molar-refractivity contribution in [2.45, 2.75) is 36.3 Å². The van der Waals surface area contributed by atoms with E-state index in [0.717, 1.165) is 18.4 Å². The molecule has 3 rings (SSSR count). The minimum Gasteiger partial charge on any atom is -0.494 e. The molecule has 1 saturated carbocycles. The molecule has 2 aromatic carbocycles. The Balaban J connectivity index is 0.000000479. The van der Waals surface area contributed by atoms with Crippen molar-refractivity contribution in [1.29, 1.82) is 0 Å². The van der Waals surface area contributed by atoms with Gasteiger partial charge in [0.1, 0.15) is 5.75 Å². The second-order valence-corrected chi connectivity index (χ2v) is 8.73. The Morgan fingerprint density at radius 2 is 1.58 bits per heavy atom. The van der Waals surface area contributed by atoms with Gasteiger partial charge in [-0.1, -0.05) is 12.1 Å². The van der Waals surface area contributed by atoms with Crippen LogP contribution >= 0.6 is 0 Å². The minimum atomic E-state index is -5.08. The summed E-state index contributed by atoms with van der Waals surface area (Å²) in [6.45, 7) is 2.39. The van der Waals surface area contributed by atoms with Crippen molar-refractivity contribution in [3.05, 3.63) is 54.1 Å². The lowest BCUT2D eigenvalue weighted by atomic mass is 9.95. The number of carbonyl (C=O) groups excluding carboxylic acids is 1. The Morgan fingerprint density at radius 1 is 1.06 bits per heavy atom. The number of alkyl halides is 3. The summed E-state index contributed by atoms with van der Waals surface area (Å²) < 4.78 is 64.6. The Labute approximate surface area is 188 Å².